The van der Waals surface area contributed by atoms with Crippen molar-refractivity contribution in [3.05, 3.63) is 64.8 Å². The Kier molecular flexibility index (Phi) is 6.64. The van der Waals surface area contributed by atoms with Crippen LogP contribution in [0.4, 0.5) is 4.39 Å². The van der Waals surface area contributed by atoms with E-state index < -0.39 is 23.2 Å². The lowest BCUT2D eigenvalue weighted by Gasteiger charge is -2.44. The zero-order chi connectivity index (χ0) is 29.1. The Labute approximate surface area is 236 Å². The number of benzene rings is 1. The molecule has 1 aliphatic heterocycles. The van der Waals surface area contributed by atoms with Crippen molar-refractivity contribution in [3.8, 4) is 11.1 Å². The van der Waals surface area contributed by atoms with Crippen LogP contribution in [0.1, 0.15) is 83.4 Å². The van der Waals surface area contributed by atoms with Gasteiger partial charge in [-0.05, 0) is 56.7 Å². The molecule has 41 heavy (non-hydrogen) atoms. The van der Waals surface area contributed by atoms with Crippen molar-refractivity contribution in [1.29, 1.82) is 0 Å². The molecule has 2 amide bonds. The number of imidazole rings is 1. The highest BCUT2D eigenvalue weighted by Crippen LogP contribution is 2.43. The number of β-amino-alcohol motifs (C(OH)–C–C–N with tert-alkyl or cyclic N) is 1. The molecule has 1 aliphatic carbocycles. The van der Waals surface area contributed by atoms with Gasteiger partial charge in [0.1, 0.15) is 16.9 Å². The third-order valence-corrected chi connectivity index (χ3v) is 8.55. The largest absolute Gasteiger partial charge is 0.386 e. The third-order valence-electron chi connectivity index (χ3n) is 8.55. The predicted octanol–water partition coefficient (Wildman–Crippen LogP) is 4.32. The Hall–Kier alpha value is -4.12. The molecule has 11 heteroatoms. The number of rotatable bonds is 6. The summed E-state index contributed by atoms with van der Waals surface area (Å²) in [7, 11) is 0. The molecule has 3 aromatic heterocycles. The Morgan fingerprint density at radius 1 is 1.20 bits per heavy atom. The number of amides is 2. The molecule has 0 bridgehead atoms. The van der Waals surface area contributed by atoms with Gasteiger partial charge in [0.25, 0.3) is 11.8 Å². The summed E-state index contributed by atoms with van der Waals surface area (Å²) in [6.07, 6.45) is 6.76. The zero-order valence-corrected chi connectivity index (χ0v) is 23.3. The van der Waals surface area contributed by atoms with Gasteiger partial charge in [0.15, 0.2) is 11.6 Å². The average molecular weight is 561 g/mol. The Bertz CT molecular complexity index is 1640. The van der Waals surface area contributed by atoms with Gasteiger partial charge in [0.05, 0.1) is 41.4 Å². The van der Waals surface area contributed by atoms with Gasteiger partial charge in [-0.1, -0.05) is 24.9 Å². The number of nitrogens with two attached hydrogens (primary N) is 1. The molecule has 214 valence electrons. The number of likely N-dealkylation sites (tertiary alicyclic amines) is 1. The highest BCUT2D eigenvalue weighted by Gasteiger charge is 2.41. The molecule has 1 aromatic carbocycles. The molecule has 4 heterocycles. The first-order valence-electron chi connectivity index (χ1n) is 13.9. The van der Waals surface area contributed by atoms with Gasteiger partial charge < -0.3 is 25.2 Å². The van der Waals surface area contributed by atoms with Crippen molar-refractivity contribution >= 4 is 22.8 Å². The van der Waals surface area contributed by atoms with Gasteiger partial charge in [-0.25, -0.2) is 9.37 Å². The molecular weight excluding hydrogens is 527 g/mol. The summed E-state index contributed by atoms with van der Waals surface area (Å²) in [5.41, 5.74) is 6.84. The first kappa shape index (κ1) is 27.1. The molecule has 1 saturated carbocycles. The van der Waals surface area contributed by atoms with E-state index in [-0.39, 0.29) is 41.6 Å². The van der Waals surface area contributed by atoms with Crippen LogP contribution in [-0.2, 0) is 0 Å². The minimum absolute atomic E-state index is 0.0935. The van der Waals surface area contributed by atoms with E-state index in [2.05, 4.69) is 22.0 Å². The minimum Gasteiger partial charge on any atom is -0.386 e. The van der Waals surface area contributed by atoms with E-state index >= 15 is 4.39 Å². The maximum atomic E-state index is 16.2. The summed E-state index contributed by atoms with van der Waals surface area (Å²) >= 11 is 0. The number of hydrogen-bond acceptors (Lipinski definition) is 7. The number of pyridine rings is 1. The SMILES string of the molecule is Cc1noc([C@H](c2nc3c(F)c(-c4cnccc4C(=O)N4CC(C)(O)C4)ccc3[nH]2)C2CCC(C)CC2)c1C(N)=O. The quantitative estimate of drug-likeness (QED) is 0.318. The molecule has 0 unspecified atom stereocenters. The topological polar surface area (TPSA) is 151 Å². The van der Waals surface area contributed by atoms with E-state index in [1.54, 1.807) is 32.0 Å². The zero-order valence-electron chi connectivity index (χ0n) is 23.3. The maximum Gasteiger partial charge on any atom is 0.254 e. The fourth-order valence-corrected chi connectivity index (χ4v) is 6.38. The molecule has 1 atom stereocenters. The number of H-pyrrole nitrogens is 1. The fourth-order valence-electron chi connectivity index (χ4n) is 6.38. The van der Waals surface area contributed by atoms with Gasteiger partial charge in [-0.2, -0.15) is 0 Å². The standard InChI is InChI=1S/C30H33FN6O4/c1-15-4-6-17(7-5-15)23(26-22(27(32)38)16(2)36-41-26)28-34-21-9-8-18(24(31)25(21)35-28)20-12-33-11-10-19(20)29(39)37-13-30(3,40)14-37/h8-12,15,17,23,40H,4-7,13-14H2,1-3H3,(H2,32,38)(H,34,35)/t15?,17?,23-/m1/s1. The predicted molar refractivity (Wildman–Crippen MR) is 149 cm³/mol. The summed E-state index contributed by atoms with van der Waals surface area (Å²) in [5, 5.41) is 14.1. The summed E-state index contributed by atoms with van der Waals surface area (Å²) in [4.78, 5) is 39.2. The lowest BCUT2D eigenvalue weighted by molar-refractivity contribution is -0.0668. The monoisotopic (exact) mass is 560 g/mol. The van der Waals surface area contributed by atoms with E-state index in [1.807, 2.05) is 0 Å². The number of nitrogens with one attached hydrogen (secondary N) is 1. The van der Waals surface area contributed by atoms with Crippen molar-refractivity contribution in [2.24, 2.45) is 17.6 Å². The number of aromatic nitrogens is 4. The smallest absolute Gasteiger partial charge is 0.254 e. The first-order valence-corrected chi connectivity index (χ1v) is 13.9. The van der Waals surface area contributed by atoms with Crippen molar-refractivity contribution in [2.75, 3.05) is 13.1 Å². The van der Waals surface area contributed by atoms with Crippen LogP contribution in [0.15, 0.2) is 35.1 Å². The number of halogens is 1. The lowest BCUT2D eigenvalue weighted by atomic mass is 9.74. The van der Waals surface area contributed by atoms with Crippen LogP contribution in [0.2, 0.25) is 0 Å². The number of primary amides is 1. The average Bonchev–Trinajstić information content (AvgIpc) is 3.53. The van der Waals surface area contributed by atoms with E-state index in [4.69, 9.17) is 15.2 Å². The normalized spacial score (nSPS) is 21.0. The number of aryl methyl sites for hydroxylation is 1. The van der Waals surface area contributed by atoms with Gasteiger partial charge in [0.2, 0.25) is 0 Å². The molecule has 0 radical (unpaired) electrons. The number of aliphatic hydroxyl groups is 1. The van der Waals surface area contributed by atoms with Crippen LogP contribution >= 0.6 is 0 Å². The number of aromatic amines is 1. The molecule has 4 aromatic rings. The molecule has 2 fully saturated rings. The molecular formula is C30H33FN6O4. The third kappa shape index (κ3) is 4.77. The Balaban J connectivity index is 1.43. The van der Waals surface area contributed by atoms with Crippen molar-refractivity contribution in [1.82, 2.24) is 25.0 Å². The number of hydrogen-bond donors (Lipinski definition) is 3. The molecule has 6 rings (SSSR count). The van der Waals surface area contributed by atoms with Crippen LogP contribution in [0.5, 0.6) is 0 Å². The van der Waals surface area contributed by atoms with Crippen LogP contribution in [0.25, 0.3) is 22.2 Å². The number of nitrogens with zero attached hydrogens (tertiary/aromatic N) is 4. The lowest BCUT2D eigenvalue weighted by Crippen LogP contribution is -2.61. The van der Waals surface area contributed by atoms with E-state index in [1.165, 1.54) is 17.3 Å². The minimum atomic E-state index is -0.929. The molecule has 10 nitrogen and oxygen atoms in total. The Morgan fingerprint density at radius 2 is 1.93 bits per heavy atom. The number of fused-ring (bicyclic) bond motifs is 1. The summed E-state index contributed by atoms with van der Waals surface area (Å²) in [6, 6.07) is 4.88. The van der Waals surface area contributed by atoms with Gasteiger partial charge >= 0.3 is 0 Å². The van der Waals surface area contributed by atoms with Gasteiger partial charge in [-0.15, -0.1) is 0 Å². The maximum absolute atomic E-state index is 16.2. The van der Waals surface area contributed by atoms with Gasteiger partial charge in [0, 0.05) is 23.5 Å². The van der Waals surface area contributed by atoms with Crippen molar-refractivity contribution < 1.29 is 23.6 Å². The number of carbonyl (C=O) groups is 2. The van der Waals surface area contributed by atoms with E-state index in [0.29, 0.717) is 39.8 Å². The van der Waals surface area contributed by atoms with Crippen molar-refractivity contribution in [3.63, 3.8) is 0 Å². The van der Waals surface area contributed by atoms with Crippen LogP contribution in [0, 0.1) is 24.6 Å². The van der Waals surface area contributed by atoms with E-state index in [0.717, 1.165) is 25.7 Å². The summed E-state index contributed by atoms with van der Waals surface area (Å²) < 4.78 is 21.9. The number of carbonyl (C=O) groups excluding carboxylic acids is 2. The summed E-state index contributed by atoms with van der Waals surface area (Å²) in [5.74, 6) is -0.486. The van der Waals surface area contributed by atoms with Gasteiger partial charge in [-0.3, -0.25) is 14.6 Å². The molecule has 0 spiro atoms. The Morgan fingerprint density at radius 3 is 2.61 bits per heavy atom. The second-order valence-electron chi connectivity index (χ2n) is 11.9. The first-order chi connectivity index (χ1) is 19.5. The van der Waals surface area contributed by atoms with Crippen LogP contribution < -0.4 is 5.73 Å². The molecule has 2 aliphatic rings. The van der Waals surface area contributed by atoms with Crippen molar-refractivity contribution in [2.45, 2.75) is 58.0 Å². The van der Waals surface area contributed by atoms with E-state index in [9.17, 15) is 14.7 Å². The summed E-state index contributed by atoms with van der Waals surface area (Å²) in [6.45, 7) is 5.96. The van der Waals surface area contributed by atoms with Crippen LogP contribution in [0.3, 0.4) is 0 Å². The second kappa shape index (κ2) is 10.1. The molecule has 1 saturated heterocycles. The highest BCUT2D eigenvalue weighted by atomic mass is 19.1. The second-order valence-corrected chi connectivity index (χ2v) is 11.9. The van der Waals surface area contributed by atoms with Crippen LogP contribution in [-0.4, -0.2) is 60.6 Å². The molecule has 4 N–H and O–H groups in total. The fraction of sp³-hybridized carbons (Fsp3) is 0.433. The highest BCUT2D eigenvalue weighted by molar-refractivity contribution is 6.02.